The predicted molar refractivity (Wildman–Crippen MR) is 144 cm³/mol. The monoisotopic (exact) mass is 538 g/mol. The molecule has 210 valence electrons. The molecule has 3 aliphatic rings. The highest BCUT2D eigenvalue weighted by Gasteiger charge is 2.44. The van der Waals surface area contributed by atoms with Crippen molar-refractivity contribution >= 4 is 34.6 Å². The van der Waals surface area contributed by atoms with Gasteiger partial charge in [0.15, 0.2) is 0 Å². The Bertz CT molecular complexity index is 1240. The Kier molecular flexibility index (Phi) is 8.09. The smallest absolute Gasteiger partial charge is 0.328 e. The standard InChI is InChI=1S/C29H38N4O6/c1-38-25-10-6-9-21-20(25)15-22(31-21)28(36)33-16-19(17-7-4-3-5-8-17)14-24(33)27(35)32-23(29(37)39-2)13-18-11-12-30-26(18)34/h6,9-10,15,17-19,23-24,31H,3-5,7-8,11-14,16H2,1-2H3,(H,30,34)(H,32,35)/t18?,19-,23?,24+/m1/s1. The summed E-state index contributed by atoms with van der Waals surface area (Å²) in [6.07, 6.45) is 7.08. The van der Waals surface area contributed by atoms with Crippen molar-refractivity contribution < 1.29 is 28.7 Å². The first-order chi connectivity index (χ1) is 18.9. The SMILES string of the molecule is COC(=O)C(CC1CCNC1=O)NC(=O)[C@@H]1C[C@@H](C2CCCCC2)CN1C(=O)c1cc2c(OC)cccc2[nH]1. The zero-order valence-corrected chi connectivity index (χ0v) is 22.7. The number of ether oxygens (including phenoxy) is 2. The van der Waals surface area contributed by atoms with Crippen LogP contribution in [0.1, 0.15) is 61.9 Å². The van der Waals surface area contributed by atoms with E-state index in [4.69, 9.17) is 9.47 Å². The number of fused-ring (bicyclic) bond motifs is 1. The van der Waals surface area contributed by atoms with E-state index in [9.17, 15) is 19.2 Å². The van der Waals surface area contributed by atoms with Crippen LogP contribution in [0.15, 0.2) is 24.3 Å². The maximum Gasteiger partial charge on any atom is 0.328 e. The number of aromatic amines is 1. The first-order valence-electron chi connectivity index (χ1n) is 14.0. The van der Waals surface area contributed by atoms with Crippen LogP contribution in [0.3, 0.4) is 0 Å². The number of benzene rings is 1. The van der Waals surface area contributed by atoms with Crippen molar-refractivity contribution in [3.63, 3.8) is 0 Å². The van der Waals surface area contributed by atoms with Crippen molar-refractivity contribution in [3.8, 4) is 5.75 Å². The lowest BCUT2D eigenvalue weighted by Gasteiger charge is -2.27. The van der Waals surface area contributed by atoms with E-state index in [0.717, 1.165) is 23.7 Å². The highest BCUT2D eigenvalue weighted by atomic mass is 16.5. The Balaban J connectivity index is 1.39. The number of rotatable bonds is 8. The van der Waals surface area contributed by atoms with Crippen LogP contribution in [-0.4, -0.2) is 73.0 Å². The van der Waals surface area contributed by atoms with E-state index in [1.54, 1.807) is 18.1 Å². The Morgan fingerprint density at radius 3 is 2.59 bits per heavy atom. The second kappa shape index (κ2) is 11.7. The number of carbonyl (C=O) groups excluding carboxylic acids is 4. The Labute approximate surface area is 228 Å². The lowest BCUT2D eigenvalue weighted by Crippen LogP contribution is -2.51. The molecule has 10 nitrogen and oxygen atoms in total. The summed E-state index contributed by atoms with van der Waals surface area (Å²) in [5.74, 6) is -0.384. The van der Waals surface area contributed by atoms with Crippen molar-refractivity contribution in [3.05, 3.63) is 30.0 Å². The molecule has 39 heavy (non-hydrogen) atoms. The fraction of sp³-hybridized carbons (Fsp3) is 0.586. The third-order valence-corrected chi connectivity index (χ3v) is 8.77. The van der Waals surface area contributed by atoms with Gasteiger partial charge in [0, 0.05) is 29.9 Å². The Hall–Kier alpha value is -3.56. The van der Waals surface area contributed by atoms with Gasteiger partial charge >= 0.3 is 5.97 Å². The third-order valence-electron chi connectivity index (χ3n) is 8.77. The van der Waals surface area contributed by atoms with E-state index in [-0.39, 0.29) is 36.0 Å². The average Bonchev–Trinajstić information content (AvgIpc) is 3.70. The van der Waals surface area contributed by atoms with Crippen LogP contribution < -0.4 is 15.4 Å². The Morgan fingerprint density at radius 2 is 1.90 bits per heavy atom. The molecule has 2 aromatic rings. The largest absolute Gasteiger partial charge is 0.496 e. The molecule has 2 unspecified atom stereocenters. The summed E-state index contributed by atoms with van der Waals surface area (Å²) >= 11 is 0. The fourth-order valence-electron chi connectivity index (χ4n) is 6.64. The molecule has 3 N–H and O–H groups in total. The highest BCUT2D eigenvalue weighted by molar-refractivity contribution is 6.02. The van der Waals surface area contributed by atoms with Crippen LogP contribution in [0, 0.1) is 17.8 Å². The number of nitrogens with zero attached hydrogens (tertiary/aromatic N) is 1. The number of likely N-dealkylation sites (tertiary alicyclic amines) is 1. The van der Waals surface area contributed by atoms with Crippen molar-refractivity contribution in [2.45, 2.75) is 63.5 Å². The molecule has 0 bridgehead atoms. The zero-order valence-electron chi connectivity index (χ0n) is 22.7. The van der Waals surface area contributed by atoms with Gasteiger partial charge in [-0.3, -0.25) is 14.4 Å². The average molecular weight is 539 g/mol. The van der Waals surface area contributed by atoms with Crippen LogP contribution in [0.5, 0.6) is 5.75 Å². The molecule has 3 heterocycles. The van der Waals surface area contributed by atoms with E-state index in [1.165, 1.54) is 26.4 Å². The summed E-state index contributed by atoms with van der Waals surface area (Å²) in [7, 11) is 2.86. The predicted octanol–water partition coefficient (Wildman–Crippen LogP) is 2.77. The molecule has 0 spiro atoms. The van der Waals surface area contributed by atoms with Gasteiger partial charge in [0.05, 0.1) is 14.2 Å². The number of nitrogens with one attached hydrogen (secondary N) is 3. The minimum Gasteiger partial charge on any atom is -0.496 e. The molecule has 1 saturated carbocycles. The van der Waals surface area contributed by atoms with E-state index in [2.05, 4.69) is 15.6 Å². The second-order valence-corrected chi connectivity index (χ2v) is 11.1. The lowest BCUT2D eigenvalue weighted by molar-refractivity contribution is -0.146. The number of hydrogen-bond acceptors (Lipinski definition) is 6. The molecule has 3 amide bonds. The molecule has 2 saturated heterocycles. The molecule has 0 radical (unpaired) electrons. The van der Waals surface area contributed by atoms with Gasteiger partial charge in [-0.05, 0) is 49.3 Å². The van der Waals surface area contributed by atoms with Gasteiger partial charge in [0.25, 0.3) is 5.91 Å². The van der Waals surface area contributed by atoms with Crippen LogP contribution in [0.4, 0.5) is 0 Å². The van der Waals surface area contributed by atoms with Gasteiger partial charge in [-0.1, -0.05) is 38.2 Å². The van der Waals surface area contributed by atoms with Crippen molar-refractivity contribution in [1.82, 2.24) is 20.5 Å². The van der Waals surface area contributed by atoms with E-state index in [0.29, 0.717) is 43.3 Å². The molecule has 5 rings (SSSR count). The number of carbonyl (C=O) groups is 4. The van der Waals surface area contributed by atoms with Crippen LogP contribution >= 0.6 is 0 Å². The number of hydrogen-bond donors (Lipinski definition) is 3. The van der Waals surface area contributed by atoms with Crippen LogP contribution in [0.2, 0.25) is 0 Å². The van der Waals surface area contributed by atoms with Gasteiger partial charge in [0.1, 0.15) is 23.5 Å². The van der Waals surface area contributed by atoms with Gasteiger partial charge in [-0.15, -0.1) is 0 Å². The maximum absolute atomic E-state index is 13.9. The molecule has 4 atom stereocenters. The summed E-state index contributed by atoms with van der Waals surface area (Å²) < 4.78 is 10.4. The molecular formula is C29H38N4O6. The minimum absolute atomic E-state index is 0.123. The minimum atomic E-state index is -0.959. The summed E-state index contributed by atoms with van der Waals surface area (Å²) in [6.45, 7) is 1.04. The molecule has 3 fully saturated rings. The molecular weight excluding hydrogens is 500 g/mol. The van der Waals surface area contributed by atoms with Crippen molar-refractivity contribution in [2.24, 2.45) is 17.8 Å². The third kappa shape index (κ3) is 5.60. The first-order valence-corrected chi connectivity index (χ1v) is 14.0. The number of aromatic nitrogens is 1. The normalized spacial score (nSPS) is 24.4. The number of amides is 3. The molecule has 1 aromatic carbocycles. The number of esters is 1. The fourth-order valence-corrected chi connectivity index (χ4v) is 6.64. The van der Waals surface area contributed by atoms with Gasteiger partial charge < -0.3 is 30.0 Å². The first kappa shape index (κ1) is 27.0. The Morgan fingerprint density at radius 1 is 1.10 bits per heavy atom. The molecule has 2 aliphatic heterocycles. The molecule has 1 aliphatic carbocycles. The van der Waals surface area contributed by atoms with Crippen LogP contribution in [0.25, 0.3) is 10.9 Å². The lowest BCUT2D eigenvalue weighted by atomic mass is 9.79. The quantitative estimate of drug-likeness (QED) is 0.443. The van der Waals surface area contributed by atoms with Crippen molar-refractivity contribution in [2.75, 3.05) is 27.3 Å². The zero-order chi connectivity index (χ0) is 27.5. The maximum atomic E-state index is 13.9. The molecule has 10 heteroatoms. The summed E-state index contributed by atoms with van der Waals surface area (Å²) in [5.41, 5.74) is 1.17. The summed E-state index contributed by atoms with van der Waals surface area (Å²) in [4.78, 5) is 57.2. The van der Waals surface area contributed by atoms with Crippen LogP contribution in [-0.2, 0) is 19.1 Å². The summed E-state index contributed by atoms with van der Waals surface area (Å²) in [5, 5.41) is 6.42. The van der Waals surface area contributed by atoms with E-state index >= 15 is 0 Å². The van der Waals surface area contributed by atoms with Gasteiger partial charge in [0.2, 0.25) is 11.8 Å². The van der Waals surface area contributed by atoms with E-state index in [1.807, 2.05) is 18.2 Å². The highest BCUT2D eigenvalue weighted by Crippen LogP contribution is 2.38. The van der Waals surface area contributed by atoms with Crippen molar-refractivity contribution in [1.29, 1.82) is 0 Å². The van der Waals surface area contributed by atoms with E-state index < -0.39 is 18.1 Å². The second-order valence-electron chi connectivity index (χ2n) is 11.1. The summed E-state index contributed by atoms with van der Waals surface area (Å²) in [6, 6.07) is 5.67. The topological polar surface area (TPSA) is 130 Å². The number of methoxy groups -OCH3 is 2. The number of H-pyrrole nitrogens is 1. The van der Waals surface area contributed by atoms with Gasteiger partial charge in [-0.2, -0.15) is 0 Å². The molecule has 1 aromatic heterocycles. The van der Waals surface area contributed by atoms with Gasteiger partial charge in [-0.25, -0.2) is 4.79 Å².